The molecule has 2 aliphatic rings. The Morgan fingerprint density at radius 3 is 2.47 bits per heavy atom. The van der Waals surface area contributed by atoms with Crippen molar-refractivity contribution in [1.82, 2.24) is 0 Å². The van der Waals surface area contributed by atoms with E-state index in [1.807, 2.05) is 0 Å². The first-order chi connectivity index (χ1) is 7.35. The van der Waals surface area contributed by atoms with Gasteiger partial charge >= 0.3 is 0 Å². The van der Waals surface area contributed by atoms with E-state index in [0.29, 0.717) is 0 Å². The van der Waals surface area contributed by atoms with Crippen LogP contribution in [0.15, 0.2) is 12.2 Å². The molecule has 1 saturated carbocycles. The van der Waals surface area contributed by atoms with Crippen LogP contribution in [0.5, 0.6) is 0 Å². The first-order valence-corrected chi connectivity index (χ1v) is 7.03. The summed E-state index contributed by atoms with van der Waals surface area (Å²) < 4.78 is 0. The van der Waals surface area contributed by atoms with E-state index in [1.165, 1.54) is 44.9 Å². The molecular weight excluding hydrogens is 180 g/mol. The minimum atomic E-state index is 0.959. The largest absolute Gasteiger partial charge is 0.0851 e. The Hall–Kier alpha value is -0.260. The van der Waals surface area contributed by atoms with E-state index in [-0.39, 0.29) is 0 Å². The molecule has 86 valence electrons. The van der Waals surface area contributed by atoms with Crippen LogP contribution in [0.4, 0.5) is 0 Å². The summed E-state index contributed by atoms with van der Waals surface area (Å²) in [5, 5.41) is 0. The molecule has 0 N–H and O–H groups in total. The van der Waals surface area contributed by atoms with Crippen LogP contribution in [-0.4, -0.2) is 0 Å². The second kappa shape index (κ2) is 5.18. The molecule has 0 spiro atoms. The molecule has 0 heterocycles. The molecule has 4 unspecified atom stereocenters. The standard InChI is InChI=1S/C15H26/c1-3-5-7-13(6-4-2)15-11-12-8-9-14(15)10-12/h8-9,12-15H,3-7,10-11H2,1-2H3. The summed E-state index contributed by atoms with van der Waals surface area (Å²) in [6.07, 6.45) is 15.2. The Morgan fingerprint density at radius 2 is 1.93 bits per heavy atom. The van der Waals surface area contributed by atoms with Gasteiger partial charge in [0.05, 0.1) is 0 Å². The van der Waals surface area contributed by atoms with Gasteiger partial charge in [-0.25, -0.2) is 0 Å². The SMILES string of the molecule is CCCCC(CCC)C1CC2C=CC1C2. The van der Waals surface area contributed by atoms with Crippen LogP contribution in [0.3, 0.4) is 0 Å². The topological polar surface area (TPSA) is 0 Å². The van der Waals surface area contributed by atoms with Crippen molar-refractivity contribution in [2.24, 2.45) is 23.7 Å². The molecule has 0 aromatic heterocycles. The van der Waals surface area contributed by atoms with Gasteiger partial charge in [0.25, 0.3) is 0 Å². The molecular formula is C15H26. The van der Waals surface area contributed by atoms with E-state index < -0.39 is 0 Å². The molecule has 0 amide bonds. The fraction of sp³-hybridized carbons (Fsp3) is 0.867. The van der Waals surface area contributed by atoms with Gasteiger partial charge in [0.1, 0.15) is 0 Å². The van der Waals surface area contributed by atoms with Crippen molar-refractivity contribution in [1.29, 1.82) is 0 Å². The first kappa shape index (κ1) is 11.2. The molecule has 0 heteroatoms. The quantitative estimate of drug-likeness (QED) is 0.547. The van der Waals surface area contributed by atoms with Crippen molar-refractivity contribution in [3.63, 3.8) is 0 Å². The number of allylic oxidation sites excluding steroid dienone is 2. The predicted octanol–water partition coefficient (Wildman–Crippen LogP) is 4.81. The maximum absolute atomic E-state index is 2.52. The lowest BCUT2D eigenvalue weighted by molar-refractivity contribution is 0.249. The Morgan fingerprint density at radius 1 is 1.07 bits per heavy atom. The molecule has 0 aromatic carbocycles. The van der Waals surface area contributed by atoms with Gasteiger partial charge < -0.3 is 0 Å². The van der Waals surface area contributed by atoms with Gasteiger partial charge in [0.2, 0.25) is 0 Å². The van der Waals surface area contributed by atoms with Gasteiger partial charge in [0.15, 0.2) is 0 Å². The van der Waals surface area contributed by atoms with Crippen LogP contribution in [-0.2, 0) is 0 Å². The fourth-order valence-corrected chi connectivity index (χ4v) is 3.77. The van der Waals surface area contributed by atoms with Crippen molar-refractivity contribution in [2.75, 3.05) is 0 Å². The monoisotopic (exact) mass is 206 g/mol. The lowest BCUT2D eigenvalue weighted by Crippen LogP contribution is -2.19. The molecule has 0 aromatic rings. The molecule has 15 heavy (non-hydrogen) atoms. The van der Waals surface area contributed by atoms with Crippen molar-refractivity contribution in [3.8, 4) is 0 Å². The van der Waals surface area contributed by atoms with E-state index >= 15 is 0 Å². The van der Waals surface area contributed by atoms with Crippen molar-refractivity contribution >= 4 is 0 Å². The molecule has 2 rings (SSSR count). The highest BCUT2D eigenvalue weighted by atomic mass is 14.4. The Labute approximate surface area is 95.1 Å². The molecule has 2 bridgehead atoms. The number of hydrogen-bond acceptors (Lipinski definition) is 0. The number of rotatable bonds is 6. The average Bonchev–Trinajstić information content (AvgIpc) is 2.85. The van der Waals surface area contributed by atoms with Crippen LogP contribution >= 0.6 is 0 Å². The summed E-state index contributed by atoms with van der Waals surface area (Å²) in [7, 11) is 0. The normalized spacial score (nSPS) is 34.9. The lowest BCUT2D eigenvalue weighted by Gasteiger charge is -2.28. The van der Waals surface area contributed by atoms with E-state index in [0.717, 1.165) is 23.7 Å². The smallest absolute Gasteiger partial charge is 0.0197 e. The number of hydrogen-bond donors (Lipinski definition) is 0. The summed E-state index contributed by atoms with van der Waals surface area (Å²) in [5.41, 5.74) is 0. The maximum atomic E-state index is 2.52. The minimum absolute atomic E-state index is 0.959. The van der Waals surface area contributed by atoms with Crippen molar-refractivity contribution < 1.29 is 0 Å². The second-order valence-corrected chi connectivity index (χ2v) is 5.64. The van der Waals surface area contributed by atoms with Gasteiger partial charge in [-0.15, -0.1) is 0 Å². The van der Waals surface area contributed by atoms with E-state index in [2.05, 4.69) is 26.0 Å². The zero-order chi connectivity index (χ0) is 10.7. The average molecular weight is 206 g/mol. The Bertz CT molecular complexity index is 216. The molecule has 0 saturated heterocycles. The van der Waals surface area contributed by atoms with E-state index in [4.69, 9.17) is 0 Å². The third kappa shape index (κ3) is 2.46. The first-order valence-electron chi connectivity index (χ1n) is 7.03. The molecule has 1 fully saturated rings. The number of unbranched alkanes of at least 4 members (excludes halogenated alkanes) is 1. The zero-order valence-corrected chi connectivity index (χ0v) is 10.4. The highest BCUT2D eigenvalue weighted by Gasteiger charge is 2.38. The van der Waals surface area contributed by atoms with Crippen molar-refractivity contribution in [2.45, 2.75) is 58.8 Å². The van der Waals surface area contributed by atoms with E-state index in [1.54, 1.807) is 0 Å². The summed E-state index contributed by atoms with van der Waals surface area (Å²) in [4.78, 5) is 0. The van der Waals surface area contributed by atoms with Crippen LogP contribution in [0.2, 0.25) is 0 Å². The molecule has 0 nitrogen and oxygen atoms in total. The van der Waals surface area contributed by atoms with E-state index in [9.17, 15) is 0 Å². The van der Waals surface area contributed by atoms with Gasteiger partial charge in [0, 0.05) is 0 Å². The highest BCUT2D eigenvalue weighted by molar-refractivity contribution is 5.10. The van der Waals surface area contributed by atoms with Gasteiger partial charge in [-0.2, -0.15) is 0 Å². The van der Waals surface area contributed by atoms with Crippen LogP contribution in [0.1, 0.15) is 58.8 Å². The predicted molar refractivity (Wildman–Crippen MR) is 66.8 cm³/mol. The molecule has 0 aliphatic heterocycles. The van der Waals surface area contributed by atoms with Crippen LogP contribution < -0.4 is 0 Å². The Balaban J connectivity index is 1.89. The third-order valence-electron chi connectivity index (χ3n) is 4.52. The minimum Gasteiger partial charge on any atom is -0.0851 e. The summed E-state index contributed by atoms with van der Waals surface area (Å²) >= 11 is 0. The molecule has 0 radical (unpaired) electrons. The molecule has 4 atom stereocenters. The second-order valence-electron chi connectivity index (χ2n) is 5.64. The zero-order valence-electron chi connectivity index (χ0n) is 10.4. The van der Waals surface area contributed by atoms with Gasteiger partial charge in [-0.3, -0.25) is 0 Å². The fourth-order valence-electron chi connectivity index (χ4n) is 3.77. The van der Waals surface area contributed by atoms with Gasteiger partial charge in [-0.05, 0) is 36.5 Å². The van der Waals surface area contributed by atoms with Crippen LogP contribution in [0, 0.1) is 23.7 Å². The number of fused-ring (bicyclic) bond motifs is 2. The summed E-state index contributed by atoms with van der Waals surface area (Å²) in [6, 6.07) is 0. The third-order valence-corrected chi connectivity index (χ3v) is 4.52. The Kier molecular flexibility index (Phi) is 3.88. The highest BCUT2D eigenvalue weighted by Crippen LogP contribution is 2.48. The van der Waals surface area contributed by atoms with Gasteiger partial charge in [-0.1, -0.05) is 58.1 Å². The van der Waals surface area contributed by atoms with Crippen LogP contribution in [0.25, 0.3) is 0 Å². The maximum Gasteiger partial charge on any atom is -0.0197 e. The lowest BCUT2D eigenvalue weighted by atomic mass is 9.77. The molecule has 2 aliphatic carbocycles. The summed E-state index contributed by atoms with van der Waals surface area (Å²) in [6.45, 7) is 4.67. The summed E-state index contributed by atoms with van der Waals surface area (Å²) in [5.74, 6) is 4.01. The van der Waals surface area contributed by atoms with Crippen molar-refractivity contribution in [3.05, 3.63) is 12.2 Å².